The Morgan fingerprint density at radius 3 is 3.05 bits per heavy atom. The Hall–Kier alpha value is -1.33. The number of guanidine groups is 1. The standard InChI is InChI=1S/C15H19ClN4S/c1-3-17-15(20-11-6-9(11)2)18-8-14-19-12-7-10(16)4-5-13(12)21-14/h4-5,7,9,11H,3,6,8H2,1-2H3,(H2,17,18,20). The zero-order valence-corrected chi connectivity index (χ0v) is 13.8. The van der Waals surface area contributed by atoms with E-state index in [1.807, 2.05) is 18.2 Å². The molecule has 21 heavy (non-hydrogen) atoms. The molecule has 2 N–H and O–H groups in total. The normalized spacial score (nSPS) is 21.6. The molecule has 1 aliphatic carbocycles. The number of halogens is 1. The molecular formula is C15H19ClN4S. The maximum atomic E-state index is 5.99. The highest BCUT2D eigenvalue weighted by atomic mass is 35.5. The smallest absolute Gasteiger partial charge is 0.191 e. The molecular weight excluding hydrogens is 304 g/mol. The highest BCUT2D eigenvalue weighted by Crippen LogP contribution is 2.29. The van der Waals surface area contributed by atoms with Crippen molar-refractivity contribution in [2.24, 2.45) is 10.9 Å². The van der Waals surface area contributed by atoms with Gasteiger partial charge in [0.25, 0.3) is 0 Å². The molecule has 1 fully saturated rings. The number of aromatic nitrogens is 1. The average molecular weight is 323 g/mol. The fourth-order valence-electron chi connectivity index (χ4n) is 2.18. The van der Waals surface area contributed by atoms with Crippen molar-refractivity contribution in [3.63, 3.8) is 0 Å². The highest BCUT2D eigenvalue weighted by Gasteiger charge is 2.33. The van der Waals surface area contributed by atoms with Crippen LogP contribution < -0.4 is 10.6 Å². The number of thiazole rings is 1. The Morgan fingerprint density at radius 2 is 2.33 bits per heavy atom. The van der Waals surface area contributed by atoms with Crippen LogP contribution in [0.2, 0.25) is 5.02 Å². The van der Waals surface area contributed by atoms with Crippen molar-refractivity contribution in [3.05, 3.63) is 28.2 Å². The van der Waals surface area contributed by atoms with Crippen molar-refractivity contribution in [2.75, 3.05) is 6.54 Å². The number of aliphatic imine (C=N–C) groups is 1. The fourth-order valence-corrected chi connectivity index (χ4v) is 3.22. The molecule has 0 aliphatic heterocycles. The Balaban J connectivity index is 1.71. The summed E-state index contributed by atoms with van der Waals surface area (Å²) < 4.78 is 1.15. The topological polar surface area (TPSA) is 49.3 Å². The van der Waals surface area contributed by atoms with E-state index in [4.69, 9.17) is 11.6 Å². The minimum atomic E-state index is 0.567. The maximum Gasteiger partial charge on any atom is 0.191 e. The van der Waals surface area contributed by atoms with Crippen molar-refractivity contribution < 1.29 is 0 Å². The summed E-state index contributed by atoms with van der Waals surface area (Å²) in [4.78, 5) is 9.21. The monoisotopic (exact) mass is 322 g/mol. The zero-order valence-electron chi connectivity index (χ0n) is 12.2. The first kappa shape index (κ1) is 14.6. The van der Waals surface area contributed by atoms with Gasteiger partial charge in [-0.3, -0.25) is 0 Å². The largest absolute Gasteiger partial charge is 0.357 e. The van der Waals surface area contributed by atoms with Gasteiger partial charge in [0.05, 0.1) is 16.8 Å². The van der Waals surface area contributed by atoms with Crippen LogP contribution in [0.1, 0.15) is 25.3 Å². The van der Waals surface area contributed by atoms with Crippen LogP contribution in [0.5, 0.6) is 0 Å². The molecule has 3 rings (SSSR count). The molecule has 2 unspecified atom stereocenters. The number of hydrogen-bond acceptors (Lipinski definition) is 3. The minimum absolute atomic E-state index is 0.567. The molecule has 1 aromatic heterocycles. The molecule has 0 radical (unpaired) electrons. The van der Waals surface area contributed by atoms with Gasteiger partial charge in [-0.1, -0.05) is 18.5 Å². The lowest BCUT2D eigenvalue weighted by Gasteiger charge is -2.09. The van der Waals surface area contributed by atoms with Crippen molar-refractivity contribution in [2.45, 2.75) is 32.9 Å². The van der Waals surface area contributed by atoms with Crippen LogP contribution in [0.15, 0.2) is 23.2 Å². The van der Waals surface area contributed by atoms with Gasteiger partial charge in [0.1, 0.15) is 5.01 Å². The van der Waals surface area contributed by atoms with Gasteiger partial charge in [-0.05, 0) is 37.5 Å². The van der Waals surface area contributed by atoms with E-state index >= 15 is 0 Å². The fraction of sp³-hybridized carbons (Fsp3) is 0.467. The number of benzene rings is 1. The second-order valence-corrected chi connectivity index (χ2v) is 6.93. The first-order valence-corrected chi connectivity index (χ1v) is 8.45. The Bertz CT molecular complexity index is 667. The van der Waals surface area contributed by atoms with Crippen molar-refractivity contribution in [1.82, 2.24) is 15.6 Å². The summed E-state index contributed by atoms with van der Waals surface area (Å²) in [6.45, 7) is 5.78. The van der Waals surface area contributed by atoms with Gasteiger partial charge in [-0.2, -0.15) is 0 Å². The van der Waals surface area contributed by atoms with E-state index in [9.17, 15) is 0 Å². The van der Waals surface area contributed by atoms with Crippen LogP contribution >= 0.6 is 22.9 Å². The van der Waals surface area contributed by atoms with E-state index in [1.54, 1.807) is 11.3 Å². The summed E-state index contributed by atoms with van der Waals surface area (Å²) in [6, 6.07) is 6.38. The summed E-state index contributed by atoms with van der Waals surface area (Å²) in [5.74, 6) is 1.63. The van der Waals surface area contributed by atoms with Crippen LogP contribution in [0.3, 0.4) is 0 Å². The predicted octanol–water partition coefficient (Wildman–Crippen LogP) is 3.41. The van der Waals surface area contributed by atoms with Crippen LogP contribution in [-0.4, -0.2) is 23.5 Å². The summed E-state index contributed by atoms with van der Waals surface area (Å²) in [5, 5.41) is 8.46. The zero-order chi connectivity index (χ0) is 14.8. The number of rotatable bonds is 4. The van der Waals surface area contributed by atoms with Gasteiger partial charge in [-0.25, -0.2) is 9.98 Å². The molecule has 0 bridgehead atoms. The van der Waals surface area contributed by atoms with E-state index in [1.165, 1.54) is 6.42 Å². The van der Waals surface area contributed by atoms with Crippen molar-refractivity contribution in [1.29, 1.82) is 0 Å². The molecule has 0 spiro atoms. The van der Waals surface area contributed by atoms with E-state index < -0.39 is 0 Å². The molecule has 1 heterocycles. The average Bonchev–Trinajstić information content (AvgIpc) is 2.99. The van der Waals surface area contributed by atoms with E-state index in [-0.39, 0.29) is 0 Å². The molecule has 6 heteroatoms. The molecule has 4 nitrogen and oxygen atoms in total. The van der Waals surface area contributed by atoms with E-state index in [2.05, 4.69) is 34.5 Å². The third-order valence-electron chi connectivity index (χ3n) is 3.54. The minimum Gasteiger partial charge on any atom is -0.357 e. The molecule has 112 valence electrons. The van der Waals surface area contributed by atoms with Crippen LogP contribution in [0.25, 0.3) is 10.2 Å². The highest BCUT2D eigenvalue weighted by molar-refractivity contribution is 7.18. The molecule has 0 amide bonds. The maximum absolute atomic E-state index is 5.99. The van der Waals surface area contributed by atoms with Crippen LogP contribution in [0.4, 0.5) is 0 Å². The van der Waals surface area contributed by atoms with Gasteiger partial charge >= 0.3 is 0 Å². The van der Waals surface area contributed by atoms with Crippen LogP contribution in [-0.2, 0) is 6.54 Å². The third-order valence-corrected chi connectivity index (χ3v) is 4.80. The predicted molar refractivity (Wildman–Crippen MR) is 90.2 cm³/mol. The lowest BCUT2D eigenvalue weighted by molar-refractivity contribution is 0.766. The lowest BCUT2D eigenvalue weighted by Crippen LogP contribution is -2.39. The lowest BCUT2D eigenvalue weighted by atomic mass is 10.3. The second kappa shape index (κ2) is 6.20. The Kier molecular flexibility index (Phi) is 4.31. The summed E-state index contributed by atoms with van der Waals surface area (Å²) in [6.07, 6.45) is 1.23. The first-order chi connectivity index (χ1) is 10.2. The van der Waals surface area contributed by atoms with Gasteiger partial charge in [-0.15, -0.1) is 11.3 Å². The Morgan fingerprint density at radius 1 is 1.52 bits per heavy atom. The summed E-state index contributed by atoms with van der Waals surface area (Å²) in [5.41, 5.74) is 0.950. The molecule has 1 saturated carbocycles. The summed E-state index contributed by atoms with van der Waals surface area (Å²) in [7, 11) is 0. The van der Waals surface area contributed by atoms with E-state index in [0.717, 1.165) is 38.7 Å². The first-order valence-electron chi connectivity index (χ1n) is 7.25. The number of nitrogens with one attached hydrogen (secondary N) is 2. The third kappa shape index (κ3) is 3.66. The second-order valence-electron chi connectivity index (χ2n) is 5.38. The number of nitrogens with zero attached hydrogens (tertiary/aromatic N) is 2. The quantitative estimate of drug-likeness (QED) is 0.670. The van der Waals surface area contributed by atoms with Gasteiger partial charge in [0.15, 0.2) is 5.96 Å². The van der Waals surface area contributed by atoms with Crippen LogP contribution in [0, 0.1) is 5.92 Å². The Labute approximate surface area is 133 Å². The van der Waals surface area contributed by atoms with E-state index in [0.29, 0.717) is 12.6 Å². The molecule has 1 aliphatic rings. The molecule has 2 atom stereocenters. The van der Waals surface area contributed by atoms with Crippen molar-refractivity contribution >= 4 is 39.1 Å². The van der Waals surface area contributed by atoms with Gasteiger partial charge in [0, 0.05) is 17.6 Å². The number of hydrogen-bond donors (Lipinski definition) is 2. The summed E-state index contributed by atoms with van der Waals surface area (Å²) >= 11 is 7.66. The molecule has 0 saturated heterocycles. The SMILES string of the molecule is CCNC(=NCc1nc2cc(Cl)ccc2s1)NC1CC1C. The van der Waals surface area contributed by atoms with Crippen molar-refractivity contribution in [3.8, 4) is 0 Å². The van der Waals surface area contributed by atoms with Gasteiger partial charge < -0.3 is 10.6 Å². The molecule has 1 aromatic carbocycles. The number of fused-ring (bicyclic) bond motifs is 1. The molecule has 2 aromatic rings. The van der Waals surface area contributed by atoms with Gasteiger partial charge in [0.2, 0.25) is 0 Å².